The van der Waals surface area contributed by atoms with Crippen molar-refractivity contribution >= 4 is 5.69 Å². The second-order valence-electron chi connectivity index (χ2n) is 3.88. The van der Waals surface area contributed by atoms with Crippen molar-refractivity contribution in [3.8, 4) is 11.5 Å². The van der Waals surface area contributed by atoms with Gasteiger partial charge in [-0.3, -0.25) is 0 Å². The average molecular weight is 222 g/mol. The summed E-state index contributed by atoms with van der Waals surface area (Å²) in [6, 6.07) is 4.01. The Morgan fingerprint density at radius 1 is 1.25 bits per heavy atom. The summed E-state index contributed by atoms with van der Waals surface area (Å²) in [6.07, 6.45) is 0.966. The zero-order valence-electron chi connectivity index (χ0n) is 9.58. The number of nitrogens with one attached hydrogen (secondary N) is 1. The van der Waals surface area contributed by atoms with Gasteiger partial charge in [0.1, 0.15) is 13.2 Å². The fourth-order valence-corrected chi connectivity index (χ4v) is 1.71. The van der Waals surface area contributed by atoms with Crippen molar-refractivity contribution < 1.29 is 9.47 Å². The van der Waals surface area contributed by atoms with Gasteiger partial charge in [-0.1, -0.05) is 0 Å². The van der Waals surface area contributed by atoms with E-state index in [0.29, 0.717) is 19.8 Å². The van der Waals surface area contributed by atoms with E-state index in [1.807, 2.05) is 12.1 Å². The Hall–Kier alpha value is -1.42. The maximum Gasteiger partial charge on any atom is 0.163 e. The molecule has 0 spiro atoms. The van der Waals surface area contributed by atoms with Crippen molar-refractivity contribution in [3.63, 3.8) is 0 Å². The Balaban J connectivity index is 2.12. The lowest BCUT2D eigenvalue weighted by atomic mass is 10.1. The van der Waals surface area contributed by atoms with Gasteiger partial charge in [-0.25, -0.2) is 0 Å². The van der Waals surface area contributed by atoms with Crippen LogP contribution in [0, 0.1) is 6.92 Å². The molecule has 0 saturated carbocycles. The summed E-state index contributed by atoms with van der Waals surface area (Å²) in [6.45, 7) is 4.90. The Bertz CT molecular complexity index is 366. The van der Waals surface area contributed by atoms with Crippen LogP contribution in [0.25, 0.3) is 0 Å². The van der Waals surface area contributed by atoms with E-state index in [1.54, 1.807) is 0 Å². The van der Waals surface area contributed by atoms with Crippen LogP contribution in [-0.4, -0.2) is 26.3 Å². The van der Waals surface area contributed by atoms with E-state index in [1.165, 1.54) is 5.56 Å². The van der Waals surface area contributed by atoms with Crippen LogP contribution in [0.4, 0.5) is 5.69 Å². The van der Waals surface area contributed by atoms with Crippen LogP contribution in [0.2, 0.25) is 0 Å². The zero-order chi connectivity index (χ0) is 11.4. The number of nitrogens with two attached hydrogens (primary N) is 1. The molecule has 1 aliphatic heterocycles. The molecule has 0 atom stereocenters. The Labute approximate surface area is 95.7 Å². The Kier molecular flexibility index (Phi) is 3.51. The SMILES string of the molecule is Cc1cc2c(cc1NCCCN)OCCO2. The summed E-state index contributed by atoms with van der Waals surface area (Å²) in [5.74, 6) is 1.67. The molecule has 0 saturated heterocycles. The second kappa shape index (κ2) is 5.07. The summed E-state index contributed by atoms with van der Waals surface area (Å²) in [7, 11) is 0. The third-order valence-corrected chi connectivity index (χ3v) is 2.59. The normalized spacial score (nSPS) is 13.6. The van der Waals surface area contributed by atoms with Gasteiger partial charge in [0.15, 0.2) is 11.5 Å². The van der Waals surface area contributed by atoms with Crippen molar-refractivity contribution in [1.29, 1.82) is 0 Å². The summed E-state index contributed by atoms with van der Waals surface area (Å²) < 4.78 is 11.0. The summed E-state index contributed by atoms with van der Waals surface area (Å²) in [5, 5.41) is 3.35. The summed E-state index contributed by atoms with van der Waals surface area (Å²) in [5.41, 5.74) is 7.72. The van der Waals surface area contributed by atoms with Crippen molar-refractivity contribution in [3.05, 3.63) is 17.7 Å². The predicted molar refractivity (Wildman–Crippen MR) is 64.3 cm³/mol. The molecule has 0 amide bonds. The quantitative estimate of drug-likeness (QED) is 0.758. The third-order valence-electron chi connectivity index (χ3n) is 2.59. The molecule has 0 aromatic heterocycles. The van der Waals surface area contributed by atoms with Crippen LogP contribution in [0.3, 0.4) is 0 Å². The van der Waals surface area contributed by atoms with Gasteiger partial charge in [0, 0.05) is 18.3 Å². The van der Waals surface area contributed by atoms with Crippen LogP contribution in [-0.2, 0) is 0 Å². The maximum absolute atomic E-state index is 5.54. The molecule has 4 heteroatoms. The molecule has 16 heavy (non-hydrogen) atoms. The highest BCUT2D eigenvalue weighted by Crippen LogP contribution is 2.35. The fraction of sp³-hybridized carbons (Fsp3) is 0.500. The van der Waals surface area contributed by atoms with Crippen LogP contribution >= 0.6 is 0 Å². The molecule has 0 bridgehead atoms. The minimum atomic E-state index is 0.623. The van der Waals surface area contributed by atoms with E-state index in [4.69, 9.17) is 15.2 Å². The smallest absolute Gasteiger partial charge is 0.163 e. The predicted octanol–water partition coefficient (Wildman–Crippen LogP) is 1.53. The van der Waals surface area contributed by atoms with Crippen LogP contribution < -0.4 is 20.5 Å². The van der Waals surface area contributed by atoms with Gasteiger partial charge in [0.25, 0.3) is 0 Å². The van der Waals surface area contributed by atoms with Gasteiger partial charge in [-0.05, 0) is 31.5 Å². The van der Waals surface area contributed by atoms with Gasteiger partial charge in [-0.2, -0.15) is 0 Å². The standard InChI is InChI=1S/C12H18N2O2/c1-9-7-11-12(16-6-5-15-11)8-10(9)14-4-2-3-13/h7-8,14H,2-6,13H2,1H3. The van der Waals surface area contributed by atoms with Gasteiger partial charge in [-0.15, -0.1) is 0 Å². The maximum atomic E-state index is 5.54. The van der Waals surface area contributed by atoms with Crippen molar-refractivity contribution in [2.45, 2.75) is 13.3 Å². The first kappa shape index (κ1) is 11.1. The Morgan fingerprint density at radius 2 is 1.94 bits per heavy atom. The number of rotatable bonds is 4. The number of fused-ring (bicyclic) bond motifs is 1. The Morgan fingerprint density at radius 3 is 2.62 bits per heavy atom. The molecular weight excluding hydrogens is 204 g/mol. The van der Waals surface area contributed by atoms with Gasteiger partial charge in [0.2, 0.25) is 0 Å². The van der Waals surface area contributed by atoms with E-state index in [9.17, 15) is 0 Å². The first-order valence-corrected chi connectivity index (χ1v) is 5.65. The first-order chi connectivity index (χ1) is 7.81. The lowest BCUT2D eigenvalue weighted by Gasteiger charge is -2.20. The van der Waals surface area contributed by atoms with E-state index in [2.05, 4.69) is 12.2 Å². The average Bonchev–Trinajstić information content (AvgIpc) is 2.30. The molecule has 1 aromatic rings. The zero-order valence-corrected chi connectivity index (χ0v) is 9.58. The number of ether oxygens (including phenoxy) is 2. The second-order valence-corrected chi connectivity index (χ2v) is 3.88. The molecule has 1 aliphatic rings. The molecule has 88 valence electrons. The molecule has 0 radical (unpaired) electrons. The highest BCUT2D eigenvalue weighted by atomic mass is 16.6. The molecule has 0 aliphatic carbocycles. The molecule has 3 N–H and O–H groups in total. The van der Waals surface area contributed by atoms with Crippen LogP contribution in [0.15, 0.2) is 12.1 Å². The highest BCUT2D eigenvalue weighted by molar-refractivity contribution is 5.60. The van der Waals surface area contributed by atoms with Gasteiger partial charge < -0.3 is 20.5 Å². The first-order valence-electron chi connectivity index (χ1n) is 5.65. The van der Waals surface area contributed by atoms with E-state index in [-0.39, 0.29) is 0 Å². The van der Waals surface area contributed by atoms with Crippen LogP contribution in [0.5, 0.6) is 11.5 Å². The van der Waals surface area contributed by atoms with Crippen molar-refractivity contribution in [2.75, 3.05) is 31.6 Å². The number of hydrogen-bond donors (Lipinski definition) is 2. The van der Waals surface area contributed by atoms with Gasteiger partial charge in [0.05, 0.1) is 0 Å². The van der Waals surface area contributed by atoms with E-state index >= 15 is 0 Å². The molecular formula is C12H18N2O2. The molecule has 0 unspecified atom stereocenters. The van der Waals surface area contributed by atoms with Gasteiger partial charge >= 0.3 is 0 Å². The molecule has 4 nitrogen and oxygen atoms in total. The lowest BCUT2D eigenvalue weighted by molar-refractivity contribution is 0.171. The lowest BCUT2D eigenvalue weighted by Crippen LogP contribution is -2.16. The number of aryl methyl sites for hydroxylation is 1. The van der Waals surface area contributed by atoms with E-state index < -0.39 is 0 Å². The topological polar surface area (TPSA) is 56.5 Å². The molecule has 1 aromatic carbocycles. The minimum Gasteiger partial charge on any atom is -0.486 e. The largest absolute Gasteiger partial charge is 0.486 e. The van der Waals surface area contributed by atoms with Crippen molar-refractivity contribution in [2.24, 2.45) is 5.73 Å². The fourth-order valence-electron chi connectivity index (χ4n) is 1.71. The molecule has 2 rings (SSSR count). The van der Waals surface area contributed by atoms with Crippen molar-refractivity contribution in [1.82, 2.24) is 0 Å². The highest BCUT2D eigenvalue weighted by Gasteiger charge is 2.13. The summed E-state index contributed by atoms with van der Waals surface area (Å²) >= 11 is 0. The monoisotopic (exact) mass is 222 g/mol. The number of benzene rings is 1. The van der Waals surface area contributed by atoms with E-state index in [0.717, 1.165) is 30.2 Å². The third kappa shape index (κ3) is 2.39. The number of anilines is 1. The molecule has 1 heterocycles. The molecule has 0 fully saturated rings. The summed E-state index contributed by atoms with van der Waals surface area (Å²) in [4.78, 5) is 0. The minimum absolute atomic E-state index is 0.623. The van der Waals surface area contributed by atoms with Crippen LogP contribution in [0.1, 0.15) is 12.0 Å². The number of hydrogen-bond acceptors (Lipinski definition) is 4.